The summed E-state index contributed by atoms with van der Waals surface area (Å²) in [4.78, 5) is 0. The molecule has 0 bridgehead atoms. The van der Waals surface area contributed by atoms with Crippen LogP contribution >= 0.6 is 11.6 Å². The van der Waals surface area contributed by atoms with E-state index in [2.05, 4.69) is 5.32 Å². The Morgan fingerprint density at radius 2 is 2.25 bits per heavy atom. The van der Waals surface area contributed by atoms with E-state index in [1.165, 1.54) is 25.3 Å². The summed E-state index contributed by atoms with van der Waals surface area (Å²) < 4.78 is 13.0. The zero-order valence-electron chi connectivity index (χ0n) is 9.31. The maximum Gasteiger partial charge on any atom is 0.141 e. The molecule has 1 nitrogen and oxygen atoms in total. The third kappa shape index (κ3) is 3.19. The Hall–Kier alpha value is -0.600. The SMILES string of the molecule is Fc1ccc(CC2CCCCNC2)cc1Cl. The van der Waals surface area contributed by atoms with E-state index in [1.807, 2.05) is 6.07 Å². The molecule has 1 saturated heterocycles. The van der Waals surface area contributed by atoms with E-state index in [9.17, 15) is 4.39 Å². The van der Waals surface area contributed by atoms with E-state index >= 15 is 0 Å². The highest BCUT2D eigenvalue weighted by Gasteiger charge is 2.13. The van der Waals surface area contributed by atoms with Gasteiger partial charge in [0.25, 0.3) is 0 Å². The van der Waals surface area contributed by atoms with Gasteiger partial charge in [0.05, 0.1) is 5.02 Å². The molecule has 0 saturated carbocycles. The van der Waals surface area contributed by atoms with Gasteiger partial charge in [0.2, 0.25) is 0 Å². The Morgan fingerprint density at radius 1 is 1.38 bits per heavy atom. The predicted octanol–water partition coefficient (Wildman–Crippen LogP) is 3.41. The number of hydrogen-bond acceptors (Lipinski definition) is 1. The quantitative estimate of drug-likeness (QED) is 0.837. The first-order valence-electron chi connectivity index (χ1n) is 5.90. The lowest BCUT2D eigenvalue weighted by Gasteiger charge is -2.14. The van der Waals surface area contributed by atoms with Gasteiger partial charge in [-0.15, -0.1) is 0 Å². The van der Waals surface area contributed by atoms with E-state index in [4.69, 9.17) is 11.6 Å². The first-order chi connectivity index (χ1) is 7.75. The number of benzene rings is 1. The van der Waals surface area contributed by atoms with Gasteiger partial charge in [-0.3, -0.25) is 0 Å². The number of halogens is 2. The fourth-order valence-electron chi connectivity index (χ4n) is 2.27. The van der Waals surface area contributed by atoms with Crippen molar-refractivity contribution in [3.8, 4) is 0 Å². The van der Waals surface area contributed by atoms with Crippen molar-refractivity contribution in [1.29, 1.82) is 0 Å². The zero-order valence-corrected chi connectivity index (χ0v) is 10.1. The molecule has 16 heavy (non-hydrogen) atoms. The number of nitrogens with one attached hydrogen (secondary N) is 1. The summed E-state index contributed by atoms with van der Waals surface area (Å²) in [5.74, 6) is 0.327. The van der Waals surface area contributed by atoms with Crippen molar-refractivity contribution in [2.24, 2.45) is 5.92 Å². The van der Waals surface area contributed by atoms with E-state index < -0.39 is 0 Å². The Balaban J connectivity index is 1.99. The molecule has 2 rings (SSSR count). The molecule has 1 aliphatic heterocycles. The minimum atomic E-state index is -0.329. The van der Waals surface area contributed by atoms with Gasteiger partial charge in [0.15, 0.2) is 0 Å². The molecule has 0 aromatic heterocycles. The van der Waals surface area contributed by atoms with E-state index in [1.54, 1.807) is 6.07 Å². The summed E-state index contributed by atoms with van der Waals surface area (Å²) in [6, 6.07) is 5.05. The molecular weight excluding hydrogens is 225 g/mol. The molecular formula is C13H17ClFN. The molecule has 1 N–H and O–H groups in total. The summed E-state index contributed by atoms with van der Waals surface area (Å²) in [7, 11) is 0. The maximum atomic E-state index is 13.0. The van der Waals surface area contributed by atoms with Crippen LogP contribution in [0.3, 0.4) is 0 Å². The summed E-state index contributed by atoms with van der Waals surface area (Å²) in [5, 5.41) is 3.67. The first kappa shape index (κ1) is 11.9. The number of hydrogen-bond donors (Lipinski definition) is 1. The van der Waals surface area contributed by atoms with Crippen LogP contribution in [0, 0.1) is 11.7 Å². The van der Waals surface area contributed by atoms with Gasteiger partial charge in [0.1, 0.15) is 5.82 Å². The lowest BCUT2D eigenvalue weighted by Crippen LogP contribution is -2.21. The van der Waals surface area contributed by atoms with Crippen molar-refractivity contribution < 1.29 is 4.39 Å². The van der Waals surface area contributed by atoms with Crippen molar-refractivity contribution in [2.75, 3.05) is 13.1 Å². The van der Waals surface area contributed by atoms with Crippen LogP contribution in [0.1, 0.15) is 24.8 Å². The summed E-state index contributed by atoms with van der Waals surface area (Å²) in [6.07, 6.45) is 4.79. The van der Waals surface area contributed by atoms with Crippen molar-refractivity contribution in [1.82, 2.24) is 5.32 Å². The second-order valence-corrected chi connectivity index (χ2v) is 4.93. The minimum Gasteiger partial charge on any atom is -0.316 e. The van der Waals surface area contributed by atoms with Gasteiger partial charge in [0, 0.05) is 0 Å². The Bertz CT molecular complexity index is 346. The average Bonchev–Trinajstić information content (AvgIpc) is 2.52. The molecule has 0 amide bonds. The van der Waals surface area contributed by atoms with Crippen LogP contribution in [0.25, 0.3) is 0 Å². The van der Waals surface area contributed by atoms with Crippen LogP contribution in [0.5, 0.6) is 0 Å². The Morgan fingerprint density at radius 3 is 3.06 bits per heavy atom. The molecule has 1 atom stereocenters. The van der Waals surface area contributed by atoms with E-state index in [0.717, 1.165) is 25.1 Å². The highest BCUT2D eigenvalue weighted by atomic mass is 35.5. The zero-order chi connectivity index (χ0) is 11.4. The second kappa shape index (κ2) is 5.65. The van der Waals surface area contributed by atoms with Crippen molar-refractivity contribution in [3.05, 3.63) is 34.6 Å². The molecule has 1 heterocycles. The van der Waals surface area contributed by atoms with Crippen LogP contribution in [0.2, 0.25) is 5.02 Å². The molecule has 0 spiro atoms. The molecule has 1 aliphatic rings. The molecule has 1 aromatic rings. The van der Waals surface area contributed by atoms with Gasteiger partial charge in [-0.1, -0.05) is 24.1 Å². The van der Waals surface area contributed by atoms with Gasteiger partial charge in [-0.25, -0.2) is 4.39 Å². The van der Waals surface area contributed by atoms with Crippen molar-refractivity contribution in [2.45, 2.75) is 25.7 Å². The standard InChI is InChI=1S/C13H17ClFN/c14-12-8-10(4-5-13(12)15)7-11-3-1-2-6-16-9-11/h4-5,8,11,16H,1-3,6-7,9H2. The molecule has 1 fully saturated rings. The van der Waals surface area contributed by atoms with Gasteiger partial charge in [-0.2, -0.15) is 0 Å². The maximum absolute atomic E-state index is 13.0. The minimum absolute atomic E-state index is 0.235. The van der Waals surface area contributed by atoms with Crippen molar-refractivity contribution in [3.63, 3.8) is 0 Å². The third-order valence-electron chi connectivity index (χ3n) is 3.16. The van der Waals surface area contributed by atoms with Crippen LogP contribution < -0.4 is 5.32 Å². The predicted molar refractivity (Wildman–Crippen MR) is 65.3 cm³/mol. The Labute approximate surface area is 101 Å². The molecule has 1 aromatic carbocycles. The second-order valence-electron chi connectivity index (χ2n) is 4.52. The van der Waals surface area contributed by atoms with Gasteiger partial charge >= 0.3 is 0 Å². The summed E-state index contributed by atoms with van der Waals surface area (Å²) in [5.41, 5.74) is 1.14. The molecule has 0 radical (unpaired) electrons. The molecule has 0 aliphatic carbocycles. The fourth-order valence-corrected chi connectivity index (χ4v) is 2.47. The molecule has 88 valence electrons. The molecule has 1 unspecified atom stereocenters. The van der Waals surface area contributed by atoms with Gasteiger partial charge in [-0.05, 0) is 56.0 Å². The topological polar surface area (TPSA) is 12.0 Å². The highest BCUT2D eigenvalue weighted by molar-refractivity contribution is 6.30. The lowest BCUT2D eigenvalue weighted by molar-refractivity contribution is 0.477. The first-order valence-corrected chi connectivity index (χ1v) is 6.28. The van der Waals surface area contributed by atoms with E-state index in [-0.39, 0.29) is 10.8 Å². The lowest BCUT2D eigenvalue weighted by atomic mass is 9.95. The van der Waals surface area contributed by atoms with Crippen LogP contribution in [-0.4, -0.2) is 13.1 Å². The highest BCUT2D eigenvalue weighted by Crippen LogP contribution is 2.21. The summed E-state index contributed by atoms with van der Waals surface area (Å²) in [6.45, 7) is 2.19. The summed E-state index contributed by atoms with van der Waals surface area (Å²) >= 11 is 5.77. The van der Waals surface area contributed by atoms with Crippen LogP contribution in [0.4, 0.5) is 4.39 Å². The smallest absolute Gasteiger partial charge is 0.141 e. The van der Waals surface area contributed by atoms with Crippen LogP contribution in [0.15, 0.2) is 18.2 Å². The molecule has 3 heteroatoms. The Kier molecular flexibility index (Phi) is 4.19. The average molecular weight is 242 g/mol. The van der Waals surface area contributed by atoms with Gasteiger partial charge < -0.3 is 5.32 Å². The van der Waals surface area contributed by atoms with E-state index in [0.29, 0.717) is 5.92 Å². The van der Waals surface area contributed by atoms with Crippen molar-refractivity contribution >= 4 is 11.6 Å². The largest absolute Gasteiger partial charge is 0.316 e. The normalized spacial score (nSPS) is 21.8. The third-order valence-corrected chi connectivity index (χ3v) is 3.45. The monoisotopic (exact) mass is 241 g/mol. The number of rotatable bonds is 2. The fraction of sp³-hybridized carbons (Fsp3) is 0.538. The van der Waals surface area contributed by atoms with Crippen LogP contribution in [-0.2, 0) is 6.42 Å².